The zero-order chi connectivity index (χ0) is 10.6. The molecule has 0 fully saturated rings. The molecule has 0 radical (unpaired) electrons. The van der Waals surface area contributed by atoms with Crippen molar-refractivity contribution < 1.29 is 4.52 Å². The van der Waals surface area contributed by atoms with Gasteiger partial charge in [0.05, 0.1) is 5.56 Å². The summed E-state index contributed by atoms with van der Waals surface area (Å²) in [5, 5.41) is 5.36. The third-order valence-corrected chi connectivity index (χ3v) is 2.92. The molecular formula is C6H12B4N2O2. The van der Waals surface area contributed by atoms with Crippen LogP contribution in [0.25, 0.3) is 0 Å². The Balaban J connectivity index is 2.70. The highest BCUT2D eigenvalue weighted by Gasteiger charge is 2.41. The lowest BCUT2D eigenvalue weighted by atomic mass is 9.45. The summed E-state index contributed by atoms with van der Waals surface area (Å²) in [6, 6.07) is 0. The van der Waals surface area contributed by atoms with E-state index in [0.717, 1.165) is 17.9 Å². The molecule has 0 saturated heterocycles. The van der Waals surface area contributed by atoms with Crippen LogP contribution in [0.1, 0.15) is 11.3 Å². The topological polar surface area (TPSA) is 58.0 Å². The zero-order valence-corrected chi connectivity index (χ0v) is 9.02. The van der Waals surface area contributed by atoms with Crippen LogP contribution in [0.2, 0.25) is 0 Å². The summed E-state index contributed by atoms with van der Waals surface area (Å²) in [6.45, 7) is 0.787. The molecule has 1 aliphatic rings. The van der Waals surface area contributed by atoms with Crippen molar-refractivity contribution in [2.75, 3.05) is 6.54 Å². The van der Waals surface area contributed by atoms with E-state index in [0.29, 0.717) is 0 Å². The highest BCUT2D eigenvalue weighted by molar-refractivity contribution is 6.43. The van der Waals surface area contributed by atoms with E-state index >= 15 is 0 Å². The predicted octanol–water partition coefficient (Wildman–Crippen LogP) is -4.63. The lowest BCUT2D eigenvalue weighted by molar-refractivity contribution is 0.338. The average Bonchev–Trinajstić information content (AvgIpc) is 2.44. The van der Waals surface area contributed by atoms with Gasteiger partial charge < -0.3 is 9.84 Å². The van der Waals surface area contributed by atoms with Gasteiger partial charge in [0.1, 0.15) is 37.1 Å². The molecule has 2 heterocycles. The number of hydrogen-bond acceptors (Lipinski definition) is 3. The van der Waals surface area contributed by atoms with E-state index < -0.39 is 0 Å². The monoisotopic (exact) mass is 188 g/mol. The van der Waals surface area contributed by atoms with Gasteiger partial charge in [-0.1, -0.05) is 0 Å². The van der Waals surface area contributed by atoms with Crippen LogP contribution in [0.15, 0.2) is 9.32 Å². The lowest BCUT2D eigenvalue weighted by Crippen LogP contribution is -2.57. The van der Waals surface area contributed by atoms with Crippen molar-refractivity contribution in [3.63, 3.8) is 0 Å². The van der Waals surface area contributed by atoms with E-state index in [-0.39, 0.29) is 16.1 Å². The van der Waals surface area contributed by atoms with Gasteiger partial charge in [-0.05, 0) is 11.8 Å². The number of H-pyrrole nitrogens is 1. The Labute approximate surface area is 85.8 Å². The molecule has 2 rings (SSSR count). The maximum absolute atomic E-state index is 11.6. The standard InChI is InChI=1S/C6H12B4N2O2/c7-5(8)1-11-6(9,10)3-2(5)4(13)12-14-3/h11H,1,7-10H2,(H,12,13). The van der Waals surface area contributed by atoms with Crippen LogP contribution in [0.4, 0.5) is 0 Å². The number of aromatic amines is 1. The van der Waals surface area contributed by atoms with E-state index in [9.17, 15) is 4.79 Å². The molecule has 1 aliphatic heterocycles. The fraction of sp³-hybridized carbons (Fsp3) is 0.500. The number of fused-ring (bicyclic) bond motifs is 1. The van der Waals surface area contributed by atoms with Gasteiger partial charge in [-0.15, -0.1) is 0 Å². The summed E-state index contributed by atoms with van der Waals surface area (Å²) in [4.78, 5) is 11.6. The van der Waals surface area contributed by atoms with Crippen LogP contribution in [-0.4, -0.2) is 43.1 Å². The van der Waals surface area contributed by atoms with Gasteiger partial charge in [0, 0.05) is 5.34 Å². The number of nitrogens with one attached hydrogen (secondary N) is 2. The minimum absolute atomic E-state index is 0.0976. The molecule has 0 atom stereocenters. The SMILES string of the molecule is BC1(B)CNC(B)(B)c2o[nH]c(=O)c21. The van der Waals surface area contributed by atoms with E-state index in [1.54, 1.807) is 0 Å². The first-order chi connectivity index (χ1) is 6.34. The molecule has 0 bridgehead atoms. The Morgan fingerprint density at radius 2 is 1.93 bits per heavy atom. The van der Waals surface area contributed by atoms with Gasteiger partial charge in [0.25, 0.3) is 5.56 Å². The number of rotatable bonds is 0. The molecule has 0 aliphatic carbocycles. The van der Waals surface area contributed by atoms with Crippen LogP contribution >= 0.6 is 0 Å². The maximum atomic E-state index is 11.6. The molecule has 14 heavy (non-hydrogen) atoms. The first-order valence-electron chi connectivity index (χ1n) is 4.82. The van der Waals surface area contributed by atoms with Crippen LogP contribution in [0, 0.1) is 0 Å². The Bertz CT molecular complexity index is 422. The third kappa shape index (κ3) is 1.20. The largest absolute Gasteiger partial charge is 0.383 e. The molecule has 70 valence electrons. The van der Waals surface area contributed by atoms with Crippen LogP contribution < -0.4 is 10.9 Å². The van der Waals surface area contributed by atoms with Crippen molar-refractivity contribution in [3.8, 4) is 0 Å². The molecule has 0 aromatic carbocycles. The maximum Gasteiger partial charge on any atom is 0.282 e. The third-order valence-electron chi connectivity index (χ3n) is 2.92. The van der Waals surface area contributed by atoms with Gasteiger partial charge in [-0.3, -0.25) is 4.79 Å². The predicted molar refractivity (Wildman–Crippen MR) is 64.9 cm³/mol. The van der Waals surface area contributed by atoms with E-state index in [2.05, 4.69) is 10.5 Å². The van der Waals surface area contributed by atoms with Crippen LogP contribution in [0.3, 0.4) is 0 Å². The molecule has 0 amide bonds. The van der Waals surface area contributed by atoms with Crippen LogP contribution in [0.5, 0.6) is 0 Å². The van der Waals surface area contributed by atoms with Gasteiger partial charge in [-0.2, -0.15) is 5.16 Å². The van der Waals surface area contributed by atoms with Gasteiger partial charge in [-0.25, -0.2) is 0 Å². The first-order valence-corrected chi connectivity index (χ1v) is 4.82. The second-order valence-electron chi connectivity index (χ2n) is 5.10. The fourth-order valence-electron chi connectivity index (χ4n) is 1.97. The summed E-state index contributed by atoms with van der Waals surface area (Å²) in [6.07, 6.45) is 0. The molecule has 4 nitrogen and oxygen atoms in total. The Hall–Kier alpha value is -0.770. The van der Waals surface area contributed by atoms with Gasteiger partial charge in [0.15, 0.2) is 0 Å². The molecule has 0 spiro atoms. The summed E-state index contributed by atoms with van der Waals surface area (Å²) < 4.78 is 5.24. The molecule has 1 aromatic rings. The van der Waals surface area contributed by atoms with Crippen molar-refractivity contribution in [1.82, 2.24) is 10.5 Å². The second-order valence-corrected chi connectivity index (χ2v) is 5.10. The normalized spacial score (nSPS) is 22.9. The Morgan fingerprint density at radius 3 is 2.50 bits per heavy atom. The van der Waals surface area contributed by atoms with Crippen LogP contribution in [-0.2, 0) is 10.6 Å². The smallest absolute Gasteiger partial charge is 0.282 e. The highest BCUT2D eigenvalue weighted by Crippen LogP contribution is 2.28. The van der Waals surface area contributed by atoms with Crippen molar-refractivity contribution in [3.05, 3.63) is 21.7 Å². The number of hydrogen-bond donors (Lipinski definition) is 2. The molecule has 1 aromatic heterocycles. The summed E-state index contributed by atoms with van der Waals surface area (Å²) in [5.74, 6) is 0.735. The Morgan fingerprint density at radius 1 is 1.29 bits per heavy atom. The van der Waals surface area contributed by atoms with Gasteiger partial charge >= 0.3 is 0 Å². The molecule has 0 unspecified atom stereocenters. The lowest BCUT2D eigenvalue weighted by Gasteiger charge is -2.38. The van der Waals surface area contributed by atoms with Gasteiger partial charge in [0.2, 0.25) is 0 Å². The van der Waals surface area contributed by atoms with E-state index in [1.807, 2.05) is 31.4 Å². The van der Waals surface area contributed by atoms with Crippen molar-refractivity contribution in [2.45, 2.75) is 10.6 Å². The summed E-state index contributed by atoms with van der Waals surface area (Å²) >= 11 is 0. The first kappa shape index (κ1) is 9.77. The van der Waals surface area contributed by atoms with Crippen molar-refractivity contribution >= 4 is 31.4 Å². The van der Waals surface area contributed by atoms with Crippen molar-refractivity contribution in [1.29, 1.82) is 0 Å². The quantitative estimate of drug-likeness (QED) is 0.402. The molecular weight excluding hydrogens is 175 g/mol. The molecule has 2 N–H and O–H groups in total. The molecule has 8 heteroatoms. The highest BCUT2D eigenvalue weighted by atomic mass is 16.5. The average molecular weight is 187 g/mol. The zero-order valence-electron chi connectivity index (χ0n) is 9.02. The van der Waals surface area contributed by atoms with Crippen molar-refractivity contribution in [2.24, 2.45) is 0 Å². The minimum Gasteiger partial charge on any atom is -0.383 e. The molecule has 0 saturated carbocycles. The minimum atomic E-state index is -0.260. The van der Waals surface area contributed by atoms with E-state index in [1.165, 1.54) is 0 Å². The second kappa shape index (κ2) is 2.63. The van der Waals surface area contributed by atoms with E-state index in [4.69, 9.17) is 4.52 Å². The Kier molecular flexibility index (Phi) is 1.83. The fourth-order valence-corrected chi connectivity index (χ4v) is 1.97. The number of aromatic nitrogens is 1. The summed E-state index contributed by atoms with van der Waals surface area (Å²) in [7, 11) is 8.10. The summed E-state index contributed by atoms with van der Waals surface area (Å²) in [5.41, 5.74) is 0.681.